The number of hydrogen-bond acceptors (Lipinski definition) is 14. The smallest absolute Gasteiger partial charge is 0.402 e. The molecule has 17 heteroatoms. The minimum Gasteiger partial charge on any atom is -0.465 e. The highest BCUT2D eigenvalue weighted by atomic mass is 16.6. The highest BCUT2D eigenvalue weighted by Crippen LogP contribution is 2.38. The van der Waals surface area contributed by atoms with Gasteiger partial charge in [0.1, 0.15) is 30.1 Å². The molecule has 2 amide bonds. The Hall–Kier alpha value is -4.10. The first kappa shape index (κ1) is 59.2. The van der Waals surface area contributed by atoms with E-state index in [1.807, 2.05) is 58.1 Å². The van der Waals surface area contributed by atoms with E-state index in [0.29, 0.717) is 63.4 Å². The number of piperidine rings is 1. The van der Waals surface area contributed by atoms with Gasteiger partial charge in [-0.15, -0.1) is 0 Å². The maximum atomic E-state index is 14.4. The number of aliphatic hydroxyl groups excluding tert-OH is 2. The number of amides is 2. The van der Waals surface area contributed by atoms with Crippen molar-refractivity contribution in [2.45, 2.75) is 180 Å². The van der Waals surface area contributed by atoms with E-state index >= 15 is 0 Å². The van der Waals surface area contributed by atoms with Gasteiger partial charge in [-0.2, -0.15) is 0 Å². The summed E-state index contributed by atoms with van der Waals surface area (Å²) >= 11 is 0. The summed E-state index contributed by atoms with van der Waals surface area (Å²) < 4.78 is 29.4. The van der Waals surface area contributed by atoms with Crippen molar-refractivity contribution in [3.8, 4) is 0 Å². The molecule has 2 saturated heterocycles. The number of primary amides is 1. The van der Waals surface area contributed by atoms with Gasteiger partial charge in [-0.05, 0) is 107 Å². The van der Waals surface area contributed by atoms with Gasteiger partial charge in [-0.25, -0.2) is 9.59 Å². The summed E-state index contributed by atoms with van der Waals surface area (Å²) in [5, 5.41) is 41.0. The second-order valence-corrected chi connectivity index (χ2v) is 19.9. The molecule has 0 aromatic carbocycles. The lowest BCUT2D eigenvalue weighted by molar-refractivity contribution is -0.265. The summed E-state index contributed by atoms with van der Waals surface area (Å²) in [6.07, 6.45) is 9.85. The van der Waals surface area contributed by atoms with E-state index < -0.39 is 90.0 Å². The van der Waals surface area contributed by atoms with Crippen LogP contribution in [0.2, 0.25) is 0 Å². The number of nitrogens with zero attached hydrogens (tertiary/aromatic N) is 1. The van der Waals surface area contributed by atoms with Crippen LogP contribution in [-0.2, 0) is 47.7 Å². The van der Waals surface area contributed by atoms with Crippen molar-refractivity contribution < 1.29 is 72.9 Å². The summed E-state index contributed by atoms with van der Waals surface area (Å²) in [4.78, 5) is 80.5. The van der Waals surface area contributed by atoms with Gasteiger partial charge < -0.3 is 54.7 Å². The first-order valence-corrected chi connectivity index (χ1v) is 24.6. The second kappa shape index (κ2) is 28.1. The molecule has 1 aliphatic carbocycles. The van der Waals surface area contributed by atoms with Crippen molar-refractivity contribution in [1.29, 1.82) is 0 Å². The highest BCUT2D eigenvalue weighted by Gasteiger charge is 2.53. The molecule has 0 radical (unpaired) electrons. The number of carbonyl (C=O) groups excluding carboxylic acids is 5. The summed E-state index contributed by atoms with van der Waals surface area (Å²) in [6, 6.07) is -1.14. The van der Waals surface area contributed by atoms with Crippen LogP contribution in [-0.4, -0.2) is 143 Å². The molecule has 4 aliphatic rings. The third kappa shape index (κ3) is 17.0. The average Bonchev–Trinajstić information content (AvgIpc) is 3.30. The lowest BCUT2D eigenvalue weighted by atomic mass is 9.78. The van der Waals surface area contributed by atoms with Crippen molar-refractivity contribution in [3.63, 3.8) is 0 Å². The number of methoxy groups -OCH3 is 3. The van der Waals surface area contributed by atoms with Gasteiger partial charge in [-0.3, -0.25) is 19.2 Å². The zero-order valence-electron chi connectivity index (χ0n) is 42.5. The molecule has 1 saturated carbocycles. The number of fused-ring (bicyclic) bond motifs is 3. The maximum absolute atomic E-state index is 14.4. The van der Waals surface area contributed by atoms with Gasteiger partial charge in [0.15, 0.2) is 5.78 Å². The first-order chi connectivity index (χ1) is 32.5. The van der Waals surface area contributed by atoms with E-state index in [9.17, 15) is 39.3 Å². The minimum absolute atomic E-state index is 0.0193. The Morgan fingerprint density at radius 1 is 0.884 bits per heavy atom. The van der Waals surface area contributed by atoms with Crippen molar-refractivity contribution in [3.05, 3.63) is 47.6 Å². The molecule has 4 rings (SSSR count). The lowest BCUT2D eigenvalue weighted by Gasteiger charge is -2.42. The van der Waals surface area contributed by atoms with Crippen LogP contribution in [0, 0.1) is 35.5 Å². The molecule has 69 heavy (non-hydrogen) atoms. The van der Waals surface area contributed by atoms with Crippen molar-refractivity contribution in [2.75, 3.05) is 27.9 Å². The molecule has 15 atom stereocenters. The SMILES string of the molecule is CO[C@H]1C[C@@H]2CC[C@@H](C)[C@@](O)(O2)C(=O)C(=O)N2CCCC[C@H]2C(=O)O[C@H]([C@H](C)C[C@@H]2CC[C@@H](O)[C@H](OC)C2)CC(=O)[C@H](C)/C=C(\C)[C@@H](O)[C@@H](OC)C(=O)[C@H](C)C[C@H](C)/C=C/C=CC=C1C.NC(=O)O. The summed E-state index contributed by atoms with van der Waals surface area (Å²) in [5.41, 5.74) is 5.29. The van der Waals surface area contributed by atoms with E-state index in [2.05, 4.69) is 5.73 Å². The number of hydrogen-bond donors (Lipinski definition) is 5. The summed E-state index contributed by atoms with van der Waals surface area (Å²) in [6.45, 7) is 12.7. The molecular formula is C52H82N2O15. The quantitative estimate of drug-likeness (QED) is 0.120. The van der Waals surface area contributed by atoms with Crippen LogP contribution in [0.1, 0.15) is 126 Å². The van der Waals surface area contributed by atoms with E-state index in [4.69, 9.17) is 33.6 Å². The predicted molar refractivity (Wildman–Crippen MR) is 257 cm³/mol. The Morgan fingerprint density at radius 2 is 1.57 bits per heavy atom. The fourth-order valence-electron chi connectivity index (χ4n) is 10.1. The van der Waals surface area contributed by atoms with E-state index in [1.54, 1.807) is 41.1 Å². The molecule has 0 spiro atoms. The van der Waals surface area contributed by atoms with Gasteiger partial charge in [0.05, 0.1) is 24.4 Å². The number of Topliss-reactive ketones (excluding diaryl/α,β-unsaturated/α-hetero) is 3. The van der Waals surface area contributed by atoms with Crippen LogP contribution in [0.5, 0.6) is 0 Å². The summed E-state index contributed by atoms with van der Waals surface area (Å²) in [5.74, 6) is -7.96. The number of allylic oxidation sites excluding steroid dienone is 6. The van der Waals surface area contributed by atoms with Crippen LogP contribution in [0.15, 0.2) is 47.6 Å². The van der Waals surface area contributed by atoms with Gasteiger partial charge in [0.25, 0.3) is 11.7 Å². The van der Waals surface area contributed by atoms with Gasteiger partial charge >= 0.3 is 12.1 Å². The average molecular weight is 975 g/mol. The number of aliphatic hydroxyl groups is 3. The molecule has 2 bridgehead atoms. The molecule has 0 aromatic rings. The monoisotopic (exact) mass is 975 g/mol. The molecule has 0 unspecified atom stereocenters. The second-order valence-electron chi connectivity index (χ2n) is 19.9. The number of esters is 1. The van der Waals surface area contributed by atoms with Gasteiger partial charge in [0.2, 0.25) is 5.79 Å². The molecule has 3 heterocycles. The number of carboxylic acid groups (broad SMARTS) is 1. The van der Waals surface area contributed by atoms with E-state index in [0.717, 1.165) is 12.0 Å². The number of nitrogens with two attached hydrogens (primary N) is 1. The Bertz CT molecular complexity index is 1860. The fourth-order valence-corrected chi connectivity index (χ4v) is 10.1. The molecule has 3 fully saturated rings. The van der Waals surface area contributed by atoms with Gasteiger partial charge in [-0.1, -0.05) is 71.1 Å². The number of rotatable bonds is 6. The van der Waals surface area contributed by atoms with Crippen molar-refractivity contribution >= 4 is 35.3 Å². The van der Waals surface area contributed by atoms with Crippen LogP contribution in [0.4, 0.5) is 4.79 Å². The molecule has 6 N–H and O–H groups in total. The van der Waals surface area contributed by atoms with Crippen molar-refractivity contribution in [1.82, 2.24) is 4.90 Å². The molecule has 3 aliphatic heterocycles. The molecular weight excluding hydrogens is 893 g/mol. The number of carbonyl (C=O) groups is 6. The van der Waals surface area contributed by atoms with E-state index in [-0.39, 0.29) is 54.8 Å². The maximum Gasteiger partial charge on any atom is 0.402 e. The third-order valence-corrected chi connectivity index (χ3v) is 14.5. The van der Waals surface area contributed by atoms with Crippen LogP contribution < -0.4 is 5.73 Å². The Morgan fingerprint density at radius 3 is 2.20 bits per heavy atom. The zero-order valence-corrected chi connectivity index (χ0v) is 42.5. The first-order valence-electron chi connectivity index (χ1n) is 24.6. The largest absolute Gasteiger partial charge is 0.465 e. The Kier molecular flexibility index (Phi) is 24.1. The summed E-state index contributed by atoms with van der Waals surface area (Å²) in [7, 11) is 4.52. The van der Waals surface area contributed by atoms with Crippen molar-refractivity contribution in [2.24, 2.45) is 41.2 Å². The number of ketones is 3. The fraction of sp³-hybridized carbons (Fsp3) is 0.731. The number of cyclic esters (lactones) is 1. The minimum atomic E-state index is -2.43. The zero-order chi connectivity index (χ0) is 51.7. The van der Waals surface area contributed by atoms with E-state index in [1.165, 1.54) is 12.0 Å². The van der Waals surface area contributed by atoms with Crippen LogP contribution in [0.3, 0.4) is 0 Å². The molecule has 17 nitrogen and oxygen atoms in total. The molecule has 0 aromatic heterocycles. The normalized spacial score (nSPS) is 37.2. The number of ether oxygens (including phenoxy) is 5. The topological polar surface area (TPSA) is 259 Å². The lowest BCUT2D eigenvalue weighted by Crippen LogP contribution is -2.61. The van der Waals surface area contributed by atoms with Crippen LogP contribution in [0.25, 0.3) is 0 Å². The van der Waals surface area contributed by atoms with Crippen LogP contribution >= 0.6 is 0 Å². The Balaban J connectivity index is 0.00000303. The Labute approximate surface area is 408 Å². The molecule has 390 valence electrons. The highest BCUT2D eigenvalue weighted by molar-refractivity contribution is 6.39. The predicted octanol–water partition coefficient (Wildman–Crippen LogP) is 5.80. The van der Waals surface area contributed by atoms with Gasteiger partial charge in [0, 0.05) is 58.5 Å². The standard InChI is InChI=1S/C51H79NO13.CH3NO2/c1-30-16-12-11-13-17-31(2)42(61-8)28-38-21-19-36(7)51(60,65-38)48(57)49(58)52-23-15-14-18-39(52)50(59)64-43(33(4)26-37-20-22-40(53)44(27-37)62-9)29-41(54)32(3)25-35(6)46(56)47(63-10)45(55)34(5)24-30;2-1(3)4/h11-13,16-17,25,30,32-34,36-40,42-44,46-47,53,56,60H,14-15,18-24,26-29H2,1-10H3;2H2,(H,3,4)/b13-11?,16-12+,31-17?,35-25+;/t30-,32-,33-,34-,36-,37+,38+,39+,40-,42+,43+,44-,46-,47+,51-;/m1./s1. The third-order valence-electron chi connectivity index (χ3n) is 14.5.